The zero-order valence-electron chi connectivity index (χ0n) is 12.0. The number of carbonyl (C=O) groups is 1. The first kappa shape index (κ1) is 14.8. The van der Waals surface area contributed by atoms with Gasteiger partial charge in [0.25, 0.3) is 0 Å². The highest BCUT2D eigenvalue weighted by molar-refractivity contribution is 5.91. The fourth-order valence-corrected chi connectivity index (χ4v) is 1.98. The van der Waals surface area contributed by atoms with E-state index in [9.17, 15) is 4.79 Å². The molecule has 21 heavy (non-hydrogen) atoms. The maximum atomic E-state index is 10.2. The Kier molecular flexibility index (Phi) is 5.14. The van der Waals surface area contributed by atoms with Crippen molar-refractivity contribution in [2.24, 2.45) is 0 Å². The molecule has 1 amide bonds. The van der Waals surface area contributed by atoms with E-state index in [1.165, 1.54) is 6.33 Å². The average Bonchev–Trinajstić information content (AvgIpc) is 2.53. The van der Waals surface area contributed by atoms with Crippen LogP contribution in [0.5, 0.6) is 11.5 Å². The van der Waals surface area contributed by atoms with E-state index in [2.05, 4.69) is 20.6 Å². The maximum absolute atomic E-state index is 10.2. The molecular formula is C14H18N4O3. The number of anilines is 1. The molecule has 0 aliphatic rings. The number of rotatable bonds is 8. The topological polar surface area (TPSA) is 85.4 Å². The molecule has 2 aromatic rings. The summed E-state index contributed by atoms with van der Waals surface area (Å²) in [6.07, 6.45) is 3.00. The second kappa shape index (κ2) is 7.28. The van der Waals surface area contributed by atoms with Gasteiger partial charge < -0.3 is 20.1 Å². The van der Waals surface area contributed by atoms with Crippen molar-refractivity contribution in [2.75, 3.05) is 32.6 Å². The SMILES string of the molecule is COc1cc2ncnc(NCCCNC=O)c2cc1OC. The third-order valence-corrected chi connectivity index (χ3v) is 3.01. The Hall–Kier alpha value is -2.57. The second-order valence-electron chi connectivity index (χ2n) is 4.30. The van der Waals surface area contributed by atoms with Crippen molar-refractivity contribution in [2.45, 2.75) is 6.42 Å². The highest BCUT2D eigenvalue weighted by Gasteiger charge is 2.10. The van der Waals surface area contributed by atoms with E-state index in [-0.39, 0.29) is 0 Å². The number of hydrogen-bond donors (Lipinski definition) is 2. The minimum absolute atomic E-state index is 0.622. The van der Waals surface area contributed by atoms with Crippen LogP contribution in [0.3, 0.4) is 0 Å². The molecule has 0 fully saturated rings. The van der Waals surface area contributed by atoms with Crippen molar-refractivity contribution in [1.82, 2.24) is 15.3 Å². The lowest BCUT2D eigenvalue weighted by molar-refractivity contribution is -0.109. The van der Waals surface area contributed by atoms with Gasteiger partial charge in [0.2, 0.25) is 6.41 Å². The van der Waals surface area contributed by atoms with Gasteiger partial charge in [-0.3, -0.25) is 4.79 Å². The first-order valence-corrected chi connectivity index (χ1v) is 6.57. The number of nitrogens with zero attached hydrogens (tertiary/aromatic N) is 2. The number of benzene rings is 1. The monoisotopic (exact) mass is 290 g/mol. The fraction of sp³-hybridized carbons (Fsp3) is 0.357. The van der Waals surface area contributed by atoms with Crippen LogP contribution in [0, 0.1) is 0 Å². The number of ether oxygens (including phenoxy) is 2. The average molecular weight is 290 g/mol. The van der Waals surface area contributed by atoms with Crippen LogP contribution in [0.25, 0.3) is 10.9 Å². The molecule has 2 rings (SSSR count). The van der Waals surface area contributed by atoms with Crippen LogP contribution in [0.15, 0.2) is 18.5 Å². The molecule has 0 bridgehead atoms. The Morgan fingerprint density at radius 3 is 2.62 bits per heavy atom. The lowest BCUT2D eigenvalue weighted by atomic mass is 10.2. The molecule has 2 N–H and O–H groups in total. The van der Waals surface area contributed by atoms with Gasteiger partial charge in [0.15, 0.2) is 11.5 Å². The third kappa shape index (κ3) is 3.50. The standard InChI is InChI=1S/C14H18N4O3/c1-20-12-6-10-11(7-13(12)21-2)17-8-18-14(10)16-5-3-4-15-9-19/h6-9H,3-5H2,1-2H3,(H,15,19)(H,16,17,18). The minimum Gasteiger partial charge on any atom is -0.493 e. The zero-order chi connectivity index (χ0) is 15.1. The molecular weight excluding hydrogens is 272 g/mol. The third-order valence-electron chi connectivity index (χ3n) is 3.01. The fourth-order valence-electron chi connectivity index (χ4n) is 1.98. The molecule has 0 saturated carbocycles. The molecule has 0 radical (unpaired) electrons. The molecule has 1 heterocycles. The second-order valence-corrected chi connectivity index (χ2v) is 4.30. The van der Waals surface area contributed by atoms with Crippen LogP contribution < -0.4 is 20.1 Å². The Balaban J connectivity index is 2.21. The molecule has 0 atom stereocenters. The summed E-state index contributed by atoms with van der Waals surface area (Å²) in [6.45, 7) is 1.32. The summed E-state index contributed by atoms with van der Waals surface area (Å²) < 4.78 is 10.6. The molecule has 0 unspecified atom stereocenters. The van der Waals surface area contributed by atoms with Crippen molar-refractivity contribution in [3.63, 3.8) is 0 Å². The first-order valence-electron chi connectivity index (χ1n) is 6.57. The van der Waals surface area contributed by atoms with Crippen LogP contribution in [0.2, 0.25) is 0 Å². The largest absolute Gasteiger partial charge is 0.493 e. The van der Waals surface area contributed by atoms with E-state index in [1.807, 2.05) is 12.1 Å². The van der Waals surface area contributed by atoms with E-state index in [0.29, 0.717) is 31.0 Å². The maximum Gasteiger partial charge on any atom is 0.207 e. The van der Waals surface area contributed by atoms with Gasteiger partial charge in [0, 0.05) is 24.5 Å². The van der Waals surface area contributed by atoms with Crippen LogP contribution in [-0.2, 0) is 4.79 Å². The first-order chi connectivity index (χ1) is 10.3. The van der Waals surface area contributed by atoms with E-state index in [1.54, 1.807) is 14.2 Å². The molecule has 7 heteroatoms. The number of methoxy groups -OCH3 is 2. The van der Waals surface area contributed by atoms with E-state index >= 15 is 0 Å². The summed E-state index contributed by atoms with van der Waals surface area (Å²) in [5.41, 5.74) is 0.774. The zero-order valence-corrected chi connectivity index (χ0v) is 12.0. The Morgan fingerprint density at radius 1 is 1.14 bits per heavy atom. The highest BCUT2D eigenvalue weighted by Crippen LogP contribution is 2.33. The normalized spacial score (nSPS) is 10.2. The van der Waals surface area contributed by atoms with E-state index in [0.717, 1.165) is 23.1 Å². The molecule has 7 nitrogen and oxygen atoms in total. The van der Waals surface area contributed by atoms with Crippen LogP contribution in [-0.4, -0.2) is 43.7 Å². The van der Waals surface area contributed by atoms with Crippen molar-refractivity contribution < 1.29 is 14.3 Å². The molecule has 1 aromatic carbocycles. The van der Waals surface area contributed by atoms with Gasteiger partial charge in [-0.1, -0.05) is 0 Å². The van der Waals surface area contributed by atoms with Crippen molar-refractivity contribution in [3.8, 4) is 11.5 Å². The van der Waals surface area contributed by atoms with Gasteiger partial charge in [0.05, 0.1) is 19.7 Å². The Bertz CT molecular complexity index is 618. The summed E-state index contributed by atoms with van der Waals surface area (Å²) in [7, 11) is 3.18. The molecule has 0 aliphatic carbocycles. The van der Waals surface area contributed by atoms with Gasteiger partial charge in [-0.05, 0) is 12.5 Å². The van der Waals surface area contributed by atoms with Crippen molar-refractivity contribution in [1.29, 1.82) is 0 Å². The molecule has 1 aromatic heterocycles. The number of nitrogens with one attached hydrogen (secondary N) is 2. The molecule has 112 valence electrons. The van der Waals surface area contributed by atoms with E-state index < -0.39 is 0 Å². The molecule has 0 saturated heterocycles. The van der Waals surface area contributed by atoms with Crippen LogP contribution in [0.1, 0.15) is 6.42 Å². The predicted octanol–water partition coefficient (Wildman–Crippen LogP) is 1.19. The summed E-state index contributed by atoms with van der Waals surface area (Å²) in [5.74, 6) is 1.99. The number of aromatic nitrogens is 2. The van der Waals surface area contributed by atoms with Gasteiger partial charge in [0.1, 0.15) is 12.1 Å². The summed E-state index contributed by atoms with van der Waals surface area (Å²) in [4.78, 5) is 18.7. The number of carbonyl (C=O) groups excluding carboxylic acids is 1. The van der Waals surface area contributed by atoms with Crippen LogP contribution in [0.4, 0.5) is 5.82 Å². The number of amides is 1. The summed E-state index contributed by atoms with van der Waals surface area (Å²) in [6, 6.07) is 3.66. The quantitative estimate of drug-likeness (QED) is 0.561. The summed E-state index contributed by atoms with van der Waals surface area (Å²) in [5, 5.41) is 6.71. The Labute approximate surface area is 122 Å². The highest BCUT2D eigenvalue weighted by atomic mass is 16.5. The van der Waals surface area contributed by atoms with Crippen molar-refractivity contribution >= 4 is 23.1 Å². The number of hydrogen-bond acceptors (Lipinski definition) is 6. The molecule has 0 spiro atoms. The Morgan fingerprint density at radius 2 is 1.90 bits per heavy atom. The van der Waals surface area contributed by atoms with Gasteiger partial charge in [-0.2, -0.15) is 0 Å². The van der Waals surface area contributed by atoms with Gasteiger partial charge in [-0.25, -0.2) is 9.97 Å². The summed E-state index contributed by atoms with van der Waals surface area (Å²) >= 11 is 0. The van der Waals surface area contributed by atoms with Gasteiger partial charge >= 0.3 is 0 Å². The van der Waals surface area contributed by atoms with Crippen LogP contribution >= 0.6 is 0 Å². The smallest absolute Gasteiger partial charge is 0.207 e. The minimum atomic E-state index is 0.622. The number of fused-ring (bicyclic) bond motifs is 1. The van der Waals surface area contributed by atoms with E-state index in [4.69, 9.17) is 9.47 Å². The lowest BCUT2D eigenvalue weighted by Crippen LogP contribution is -2.16. The van der Waals surface area contributed by atoms with Crippen molar-refractivity contribution in [3.05, 3.63) is 18.5 Å². The predicted molar refractivity (Wildman–Crippen MR) is 79.8 cm³/mol. The van der Waals surface area contributed by atoms with Gasteiger partial charge in [-0.15, -0.1) is 0 Å². The molecule has 0 aliphatic heterocycles. The lowest BCUT2D eigenvalue weighted by Gasteiger charge is -2.12.